The summed E-state index contributed by atoms with van der Waals surface area (Å²) >= 11 is 3.26. The van der Waals surface area contributed by atoms with Crippen LogP contribution in [0.2, 0.25) is 0 Å². The van der Waals surface area contributed by atoms with Crippen LogP contribution in [0.5, 0.6) is 5.75 Å². The van der Waals surface area contributed by atoms with Crippen molar-refractivity contribution < 1.29 is 9.50 Å². The van der Waals surface area contributed by atoms with Gasteiger partial charge in [-0.3, -0.25) is 0 Å². The number of benzene rings is 2. The molecule has 0 saturated carbocycles. The first-order chi connectivity index (χ1) is 8.56. The molecular weight excluding hydrogens is 297 g/mol. The molecule has 2 aromatic rings. The molecule has 0 bridgehead atoms. The molecule has 0 heterocycles. The Balaban J connectivity index is 2.11. The standard InChI is InChI=1S/C14H13BrFNO/c1-9-2-4-11(16)7-13(9)17-8-10-3-5-14(18)12(15)6-10/h2-7,17-18H,8H2,1H3. The van der Waals surface area contributed by atoms with Gasteiger partial charge in [0.05, 0.1) is 4.47 Å². The number of phenolic OH excluding ortho intramolecular Hbond substituents is 1. The minimum Gasteiger partial charge on any atom is -0.507 e. The molecule has 2 N–H and O–H groups in total. The van der Waals surface area contributed by atoms with Crippen LogP contribution in [-0.4, -0.2) is 5.11 Å². The third-order valence-corrected chi connectivity index (χ3v) is 3.33. The molecule has 0 unspecified atom stereocenters. The lowest BCUT2D eigenvalue weighted by Crippen LogP contribution is -2.01. The highest BCUT2D eigenvalue weighted by molar-refractivity contribution is 9.10. The smallest absolute Gasteiger partial charge is 0.129 e. The SMILES string of the molecule is Cc1ccc(F)cc1NCc1ccc(O)c(Br)c1. The van der Waals surface area contributed by atoms with Gasteiger partial charge in [-0.1, -0.05) is 12.1 Å². The van der Waals surface area contributed by atoms with Gasteiger partial charge in [0.2, 0.25) is 0 Å². The summed E-state index contributed by atoms with van der Waals surface area (Å²) in [6.07, 6.45) is 0. The highest BCUT2D eigenvalue weighted by Crippen LogP contribution is 2.25. The van der Waals surface area contributed by atoms with Crippen LogP contribution < -0.4 is 5.32 Å². The molecule has 2 nitrogen and oxygen atoms in total. The number of hydrogen-bond acceptors (Lipinski definition) is 2. The average molecular weight is 310 g/mol. The van der Waals surface area contributed by atoms with E-state index in [2.05, 4.69) is 21.2 Å². The lowest BCUT2D eigenvalue weighted by molar-refractivity contribution is 0.471. The zero-order valence-electron chi connectivity index (χ0n) is 9.87. The topological polar surface area (TPSA) is 32.3 Å². The van der Waals surface area contributed by atoms with Gasteiger partial charge in [-0.05, 0) is 58.2 Å². The summed E-state index contributed by atoms with van der Waals surface area (Å²) in [6.45, 7) is 2.50. The predicted molar refractivity (Wildman–Crippen MR) is 74.3 cm³/mol. The zero-order valence-corrected chi connectivity index (χ0v) is 11.5. The Morgan fingerprint density at radius 2 is 2.00 bits per heavy atom. The van der Waals surface area contributed by atoms with Crippen LogP contribution in [0.15, 0.2) is 40.9 Å². The van der Waals surface area contributed by atoms with Crippen LogP contribution in [0, 0.1) is 12.7 Å². The molecule has 0 saturated heterocycles. The summed E-state index contributed by atoms with van der Waals surface area (Å²) in [5.41, 5.74) is 2.77. The third kappa shape index (κ3) is 3.01. The van der Waals surface area contributed by atoms with E-state index in [0.717, 1.165) is 16.8 Å². The van der Waals surface area contributed by atoms with Gasteiger partial charge in [0.15, 0.2) is 0 Å². The van der Waals surface area contributed by atoms with E-state index >= 15 is 0 Å². The second-order valence-corrected chi connectivity index (χ2v) is 4.95. The zero-order chi connectivity index (χ0) is 13.1. The van der Waals surface area contributed by atoms with Crippen molar-refractivity contribution in [3.05, 3.63) is 57.8 Å². The van der Waals surface area contributed by atoms with Gasteiger partial charge in [-0.2, -0.15) is 0 Å². The lowest BCUT2D eigenvalue weighted by atomic mass is 10.1. The van der Waals surface area contributed by atoms with Crippen LogP contribution in [0.4, 0.5) is 10.1 Å². The quantitative estimate of drug-likeness (QED) is 0.890. The van der Waals surface area contributed by atoms with E-state index in [0.29, 0.717) is 11.0 Å². The first-order valence-corrected chi connectivity index (χ1v) is 6.33. The molecule has 0 radical (unpaired) electrons. The number of rotatable bonds is 3. The lowest BCUT2D eigenvalue weighted by Gasteiger charge is -2.10. The molecule has 0 aliphatic rings. The van der Waals surface area contributed by atoms with Crippen LogP contribution in [0.1, 0.15) is 11.1 Å². The van der Waals surface area contributed by atoms with Gasteiger partial charge >= 0.3 is 0 Å². The Bertz CT molecular complexity index is 572. The minimum atomic E-state index is -0.255. The van der Waals surface area contributed by atoms with Crippen LogP contribution in [-0.2, 0) is 6.54 Å². The monoisotopic (exact) mass is 309 g/mol. The third-order valence-electron chi connectivity index (χ3n) is 2.69. The normalized spacial score (nSPS) is 10.4. The summed E-state index contributed by atoms with van der Waals surface area (Å²) in [6, 6.07) is 9.94. The van der Waals surface area contributed by atoms with Gasteiger partial charge in [0.25, 0.3) is 0 Å². The van der Waals surface area contributed by atoms with Crippen molar-refractivity contribution in [2.45, 2.75) is 13.5 Å². The van der Waals surface area contributed by atoms with Gasteiger partial charge < -0.3 is 10.4 Å². The molecule has 0 spiro atoms. The summed E-state index contributed by atoms with van der Waals surface area (Å²) < 4.78 is 13.8. The Kier molecular flexibility index (Phi) is 3.87. The maximum absolute atomic E-state index is 13.1. The fourth-order valence-corrected chi connectivity index (χ4v) is 2.07. The number of aryl methyl sites for hydroxylation is 1. The highest BCUT2D eigenvalue weighted by atomic mass is 79.9. The molecule has 0 fully saturated rings. The van der Waals surface area contributed by atoms with Crippen molar-refractivity contribution >= 4 is 21.6 Å². The fourth-order valence-electron chi connectivity index (χ4n) is 1.64. The van der Waals surface area contributed by atoms with Crippen molar-refractivity contribution in [1.82, 2.24) is 0 Å². The van der Waals surface area contributed by atoms with Crippen LogP contribution in [0.3, 0.4) is 0 Å². The number of nitrogens with one attached hydrogen (secondary N) is 1. The summed E-state index contributed by atoms with van der Waals surface area (Å²) in [5, 5.41) is 12.6. The first-order valence-electron chi connectivity index (χ1n) is 5.53. The second kappa shape index (κ2) is 5.40. The van der Waals surface area contributed by atoms with E-state index in [-0.39, 0.29) is 11.6 Å². The molecule has 0 aliphatic carbocycles. The van der Waals surface area contributed by atoms with Crippen molar-refractivity contribution in [3.8, 4) is 5.75 Å². The largest absolute Gasteiger partial charge is 0.507 e. The number of aromatic hydroxyl groups is 1. The number of halogens is 2. The second-order valence-electron chi connectivity index (χ2n) is 4.10. The van der Waals surface area contributed by atoms with Crippen molar-refractivity contribution in [2.24, 2.45) is 0 Å². The summed E-state index contributed by atoms with van der Waals surface area (Å²) in [7, 11) is 0. The first kappa shape index (κ1) is 12.9. The van der Waals surface area contributed by atoms with Crippen molar-refractivity contribution in [3.63, 3.8) is 0 Å². The molecule has 18 heavy (non-hydrogen) atoms. The predicted octanol–water partition coefficient (Wildman–Crippen LogP) is 4.21. The molecule has 94 valence electrons. The molecular formula is C14H13BrFNO. The number of phenols is 1. The molecule has 0 aromatic heterocycles. The molecule has 0 amide bonds. The average Bonchev–Trinajstić information content (AvgIpc) is 2.34. The van der Waals surface area contributed by atoms with Gasteiger partial charge in [0.1, 0.15) is 11.6 Å². The maximum Gasteiger partial charge on any atom is 0.129 e. The number of anilines is 1. The van der Waals surface area contributed by atoms with E-state index in [4.69, 9.17) is 0 Å². The van der Waals surface area contributed by atoms with Crippen molar-refractivity contribution in [2.75, 3.05) is 5.32 Å². The summed E-state index contributed by atoms with van der Waals surface area (Å²) in [4.78, 5) is 0. The van der Waals surface area contributed by atoms with E-state index in [1.807, 2.05) is 19.1 Å². The van der Waals surface area contributed by atoms with Gasteiger partial charge in [-0.15, -0.1) is 0 Å². The Labute approximate surface area is 114 Å². The maximum atomic E-state index is 13.1. The van der Waals surface area contributed by atoms with Crippen LogP contribution in [0.25, 0.3) is 0 Å². The van der Waals surface area contributed by atoms with Crippen molar-refractivity contribution in [1.29, 1.82) is 0 Å². The van der Waals surface area contributed by atoms with E-state index < -0.39 is 0 Å². The van der Waals surface area contributed by atoms with E-state index in [1.165, 1.54) is 12.1 Å². The molecule has 4 heteroatoms. The minimum absolute atomic E-state index is 0.209. The Hall–Kier alpha value is -1.55. The Morgan fingerprint density at radius 1 is 1.22 bits per heavy atom. The van der Waals surface area contributed by atoms with Crippen LogP contribution >= 0.6 is 15.9 Å². The summed E-state index contributed by atoms with van der Waals surface area (Å²) in [5.74, 6) is -0.0457. The highest BCUT2D eigenvalue weighted by Gasteiger charge is 2.02. The van der Waals surface area contributed by atoms with Gasteiger partial charge in [0, 0.05) is 12.2 Å². The van der Waals surface area contributed by atoms with E-state index in [9.17, 15) is 9.50 Å². The molecule has 0 atom stereocenters. The molecule has 2 aromatic carbocycles. The fraction of sp³-hybridized carbons (Fsp3) is 0.143. The van der Waals surface area contributed by atoms with E-state index in [1.54, 1.807) is 12.1 Å². The molecule has 2 rings (SSSR count). The van der Waals surface area contributed by atoms with Gasteiger partial charge in [-0.25, -0.2) is 4.39 Å². The number of hydrogen-bond donors (Lipinski definition) is 2. The molecule has 0 aliphatic heterocycles. The Morgan fingerprint density at radius 3 is 2.72 bits per heavy atom.